The summed E-state index contributed by atoms with van der Waals surface area (Å²) in [5, 5.41) is 18.9. The van der Waals surface area contributed by atoms with Gasteiger partial charge in [0.2, 0.25) is 4.80 Å². The van der Waals surface area contributed by atoms with Gasteiger partial charge in [-0.2, -0.15) is 5.10 Å². The molecule has 0 fully saturated rings. The molecule has 0 radical (unpaired) electrons. The average Bonchev–Trinajstić information content (AvgIpc) is 2.85. The Morgan fingerprint density at radius 3 is 2.59 bits per heavy atom. The van der Waals surface area contributed by atoms with Crippen LogP contribution >= 0.6 is 11.3 Å². The van der Waals surface area contributed by atoms with Gasteiger partial charge in [0.15, 0.2) is 0 Å². The number of hydrogen-bond donors (Lipinski definition) is 0. The molecule has 0 bridgehead atoms. The van der Waals surface area contributed by atoms with Gasteiger partial charge in [-0.1, -0.05) is 23.5 Å². The summed E-state index contributed by atoms with van der Waals surface area (Å²) in [6, 6.07) is 14.2. The Hall–Kier alpha value is -2.80. The maximum atomic E-state index is 10.6. The Morgan fingerprint density at radius 1 is 1.18 bits per heavy atom. The van der Waals surface area contributed by atoms with E-state index >= 15 is 0 Å². The molecule has 0 aliphatic carbocycles. The molecule has 0 aliphatic heterocycles. The maximum Gasteiger partial charge on any atom is 0.269 e. The van der Waals surface area contributed by atoms with E-state index in [9.17, 15) is 10.1 Å². The Kier molecular flexibility index (Phi) is 3.80. The van der Waals surface area contributed by atoms with Crippen molar-refractivity contribution < 1.29 is 4.92 Å². The molecule has 0 saturated heterocycles. The standard InChI is InChI=1S/C15H12N4O2S/c1-18-13-4-2-3-5-14(13)22-15(18)17-16-10-11-6-8-12(9-7-11)19(20)21/h2-10H,1H3/b16-10-,17-15+. The minimum atomic E-state index is -0.428. The zero-order chi connectivity index (χ0) is 15.5. The van der Waals surface area contributed by atoms with Crippen LogP contribution in [-0.2, 0) is 7.05 Å². The number of non-ortho nitro benzene ring substituents is 1. The van der Waals surface area contributed by atoms with Gasteiger partial charge in [0.05, 0.1) is 21.4 Å². The number of para-hydroxylation sites is 1. The monoisotopic (exact) mass is 312 g/mol. The lowest BCUT2D eigenvalue weighted by Crippen LogP contribution is -2.08. The van der Waals surface area contributed by atoms with E-state index in [0.29, 0.717) is 0 Å². The number of benzene rings is 2. The number of aromatic nitrogens is 1. The van der Waals surface area contributed by atoms with E-state index in [1.807, 2.05) is 35.9 Å². The van der Waals surface area contributed by atoms with Gasteiger partial charge in [0, 0.05) is 19.2 Å². The molecule has 6 nitrogen and oxygen atoms in total. The van der Waals surface area contributed by atoms with Crippen molar-refractivity contribution in [1.29, 1.82) is 0 Å². The van der Waals surface area contributed by atoms with Gasteiger partial charge in [-0.05, 0) is 29.8 Å². The Bertz CT molecular complexity index is 923. The molecular weight excluding hydrogens is 300 g/mol. The average molecular weight is 312 g/mol. The van der Waals surface area contributed by atoms with Gasteiger partial charge in [-0.25, -0.2) is 0 Å². The van der Waals surface area contributed by atoms with Crippen LogP contribution in [-0.4, -0.2) is 15.7 Å². The van der Waals surface area contributed by atoms with Crippen LogP contribution < -0.4 is 4.80 Å². The summed E-state index contributed by atoms with van der Waals surface area (Å²) in [7, 11) is 1.94. The summed E-state index contributed by atoms with van der Waals surface area (Å²) >= 11 is 1.56. The third-order valence-corrected chi connectivity index (χ3v) is 4.27. The molecule has 3 aromatic rings. The number of nitro benzene ring substituents is 1. The SMILES string of the molecule is Cn1/c(=N\N=C/c2ccc([N+](=O)[O-])cc2)sc2ccccc21. The second-order valence-electron chi connectivity index (χ2n) is 4.60. The number of nitro groups is 1. The van der Waals surface area contributed by atoms with Gasteiger partial charge in [-0.15, -0.1) is 5.10 Å². The molecule has 0 spiro atoms. The molecule has 7 heteroatoms. The summed E-state index contributed by atoms with van der Waals surface area (Å²) in [5.74, 6) is 0. The highest BCUT2D eigenvalue weighted by Crippen LogP contribution is 2.15. The van der Waals surface area contributed by atoms with Crippen LogP contribution in [0.3, 0.4) is 0 Å². The highest BCUT2D eigenvalue weighted by atomic mass is 32.1. The first-order valence-electron chi connectivity index (χ1n) is 6.51. The molecule has 22 heavy (non-hydrogen) atoms. The Balaban J connectivity index is 1.88. The predicted octanol–water partition coefficient (Wildman–Crippen LogP) is 3.08. The van der Waals surface area contributed by atoms with E-state index in [1.165, 1.54) is 12.1 Å². The van der Waals surface area contributed by atoms with Crippen LogP contribution in [0.15, 0.2) is 58.7 Å². The van der Waals surface area contributed by atoms with Crippen LogP contribution in [0.2, 0.25) is 0 Å². The van der Waals surface area contributed by atoms with Crippen molar-refractivity contribution >= 4 is 33.5 Å². The fourth-order valence-corrected chi connectivity index (χ4v) is 2.98. The van der Waals surface area contributed by atoms with Crippen LogP contribution in [0, 0.1) is 10.1 Å². The zero-order valence-corrected chi connectivity index (χ0v) is 12.5. The van der Waals surface area contributed by atoms with Gasteiger partial charge in [0.1, 0.15) is 0 Å². The van der Waals surface area contributed by atoms with Gasteiger partial charge >= 0.3 is 0 Å². The lowest BCUT2D eigenvalue weighted by molar-refractivity contribution is -0.384. The van der Waals surface area contributed by atoms with Crippen LogP contribution in [0.5, 0.6) is 0 Å². The zero-order valence-electron chi connectivity index (χ0n) is 11.7. The second kappa shape index (κ2) is 5.90. The molecule has 1 aromatic heterocycles. The topological polar surface area (TPSA) is 72.8 Å². The quantitative estimate of drug-likeness (QED) is 0.423. The molecule has 1 heterocycles. The molecule has 0 atom stereocenters. The van der Waals surface area contributed by atoms with E-state index in [-0.39, 0.29) is 5.69 Å². The lowest BCUT2D eigenvalue weighted by Gasteiger charge is -1.93. The van der Waals surface area contributed by atoms with E-state index in [1.54, 1.807) is 29.7 Å². The van der Waals surface area contributed by atoms with Gasteiger partial charge in [0.25, 0.3) is 5.69 Å². The van der Waals surface area contributed by atoms with Crippen molar-refractivity contribution in [2.45, 2.75) is 0 Å². The summed E-state index contributed by atoms with van der Waals surface area (Å²) < 4.78 is 3.13. The first-order chi connectivity index (χ1) is 10.6. The van der Waals surface area contributed by atoms with E-state index in [0.717, 1.165) is 20.6 Å². The molecule has 0 N–H and O–H groups in total. The molecule has 110 valence electrons. The lowest BCUT2D eigenvalue weighted by atomic mass is 10.2. The highest BCUT2D eigenvalue weighted by molar-refractivity contribution is 7.16. The molecular formula is C15H12N4O2S. The van der Waals surface area contributed by atoms with E-state index in [2.05, 4.69) is 10.2 Å². The number of hydrogen-bond acceptors (Lipinski definition) is 5. The van der Waals surface area contributed by atoms with Crippen LogP contribution in [0.25, 0.3) is 10.2 Å². The van der Waals surface area contributed by atoms with Crippen molar-refractivity contribution in [3.05, 3.63) is 69.0 Å². The molecule has 3 rings (SSSR count). The van der Waals surface area contributed by atoms with Crippen molar-refractivity contribution in [3.63, 3.8) is 0 Å². The summed E-state index contributed by atoms with van der Waals surface area (Å²) in [6.07, 6.45) is 1.58. The number of fused-ring (bicyclic) bond motifs is 1. The van der Waals surface area contributed by atoms with Crippen molar-refractivity contribution in [2.24, 2.45) is 17.3 Å². The van der Waals surface area contributed by atoms with Crippen molar-refractivity contribution in [2.75, 3.05) is 0 Å². The highest BCUT2D eigenvalue weighted by Gasteiger charge is 2.02. The molecule has 0 saturated carbocycles. The van der Waals surface area contributed by atoms with Crippen LogP contribution in [0.4, 0.5) is 5.69 Å². The number of rotatable bonds is 3. The van der Waals surface area contributed by atoms with E-state index in [4.69, 9.17) is 0 Å². The predicted molar refractivity (Wildman–Crippen MR) is 87.0 cm³/mol. The first-order valence-corrected chi connectivity index (χ1v) is 7.33. The Morgan fingerprint density at radius 2 is 1.91 bits per heavy atom. The molecule has 0 unspecified atom stereocenters. The minimum Gasteiger partial charge on any atom is -0.318 e. The largest absolute Gasteiger partial charge is 0.318 e. The normalized spacial score (nSPS) is 12.3. The second-order valence-corrected chi connectivity index (χ2v) is 5.61. The molecule has 0 aliphatic rings. The first kappa shape index (κ1) is 14.2. The van der Waals surface area contributed by atoms with Crippen LogP contribution in [0.1, 0.15) is 5.56 Å². The third kappa shape index (κ3) is 2.79. The minimum absolute atomic E-state index is 0.0602. The van der Waals surface area contributed by atoms with Crippen molar-refractivity contribution in [1.82, 2.24) is 4.57 Å². The number of nitrogens with zero attached hydrogens (tertiary/aromatic N) is 4. The van der Waals surface area contributed by atoms with Crippen molar-refractivity contribution in [3.8, 4) is 0 Å². The number of thiazole rings is 1. The Labute approximate surface area is 129 Å². The third-order valence-electron chi connectivity index (χ3n) is 3.17. The fraction of sp³-hybridized carbons (Fsp3) is 0.0667. The van der Waals surface area contributed by atoms with E-state index < -0.39 is 4.92 Å². The summed E-state index contributed by atoms with van der Waals surface area (Å²) in [5.41, 5.74) is 1.93. The van der Waals surface area contributed by atoms with Gasteiger partial charge in [-0.3, -0.25) is 10.1 Å². The molecule has 0 amide bonds. The summed E-state index contributed by atoms with van der Waals surface area (Å²) in [4.78, 5) is 10.9. The summed E-state index contributed by atoms with van der Waals surface area (Å²) in [6.45, 7) is 0. The molecule has 2 aromatic carbocycles. The fourth-order valence-electron chi connectivity index (χ4n) is 2.00. The maximum absolute atomic E-state index is 10.6. The van der Waals surface area contributed by atoms with Gasteiger partial charge < -0.3 is 4.57 Å². The smallest absolute Gasteiger partial charge is 0.269 e. The number of aryl methyl sites for hydroxylation is 1.